The van der Waals surface area contributed by atoms with Gasteiger partial charge >= 0.3 is 0 Å². The standard InChI is InChI=1S/C25H34FNO5/c26-11-12-28-13-14-29-15-16-30-17-18-31-19-20-32-25-9-7-23(8-10-25)2-1-22-3-5-24(21-27)6-4-22/h1-10H,11-21,27H2/b2-1+. The van der Waals surface area contributed by atoms with Crippen LogP contribution in [0.15, 0.2) is 48.5 Å². The summed E-state index contributed by atoms with van der Waals surface area (Å²) in [7, 11) is 0. The lowest BCUT2D eigenvalue weighted by Gasteiger charge is -2.08. The summed E-state index contributed by atoms with van der Waals surface area (Å²) in [5.74, 6) is 0.807. The first-order valence-electron chi connectivity index (χ1n) is 10.9. The second kappa shape index (κ2) is 17.3. The van der Waals surface area contributed by atoms with Gasteiger partial charge in [-0.15, -0.1) is 0 Å². The highest BCUT2D eigenvalue weighted by atomic mass is 19.1. The van der Waals surface area contributed by atoms with Gasteiger partial charge in [-0.25, -0.2) is 4.39 Å². The molecular weight excluding hydrogens is 413 g/mol. The van der Waals surface area contributed by atoms with Crippen LogP contribution in [0.4, 0.5) is 4.39 Å². The molecule has 2 aromatic rings. The molecule has 176 valence electrons. The highest BCUT2D eigenvalue weighted by Gasteiger charge is 1.96. The Kier molecular flexibility index (Phi) is 14.0. The van der Waals surface area contributed by atoms with Crippen molar-refractivity contribution in [3.8, 4) is 5.75 Å². The first-order valence-corrected chi connectivity index (χ1v) is 10.9. The first kappa shape index (κ1) is 26.0. The maximum Gasteiger partial charge on any atom is 0.119 e. The molecule has 0 aliphatic rings. The van der Waals surface area contributed by atoms with E-state index in [2.05, 4.69) is 24.3 Å². The van der Waals surface area contributed by atoms with E-state index in [-0.39, 0.29) is 6.61 Å². The maximum atomic E-state index is 11.8. The summed E-state index contributed by atoms with van der Waals surface area (Å²) >= 11 is 0. The maximum absolute atomic E-state index is 11.8. The van der Waals surface area contributed by atoms with Crippen LogP contribution in [-0.4, -0.2) is 66.1 Å². The summed E-state index contributed by atoms with van der Waals surface area (Å²) in [4.78, 5) is 0. The molecule has 7 heteroatoms. The monoisotopic (exact) mass is 447 g/mol. The molecule has 0 unspecified atom stereocenters. The van der Waals surface area contributed by atoms with Gasteiger partial charge in [0.2, 0.25) is 0 Å². The number of hydrogen-bond acceptors (Lipinski definition) is 6. The smallest absolute Gasteiger partial charge is 0.119 e. The van der Waals surface area contributed by atoms with E-state index in [1.807, 2.05) is 36.4 Å². The normalized spacial score (nSPS) is 11.3. The zero-order valence-electron chi connectivity index (χ0n) is 18.5. The Balaban J connectivity index is 1.47. The van der Waals surface area contributed by atoms with Gasteiger partial charge in [-0.1, -0.05) is 48.6 Å². The molecule has 0 aliphatic carbocycles. The Morgan fingerprint density at radius 2 is 1.03 bits per heavy atom. The van der Waals surface area contributed by atoms with Crippen LogP contribution < -0.4 is 10.5 Å². The van der Waals surface area contributed by atoms with Crippen LogP contribution in [0, 0.1) is 0 Å². The molecule has 6 nitrogen and oxygen atoms in total. The molecule has 32 heavy (non-hydrogen) atoms. The van der Waals surface area contributed by atoms with E-state index in [1.165, 1.54) is 0 Å². The van der Waals surface area contributed by atoms with Crippen LogP contribution >= 0.6 is 0 Å². The van der Waals surface area contributed by atoms with E-state index in [1.54, 1.807) is 0 Å². The molecule has 0 aliphatic heterocycles. The van der Waals surface area contributed by atoms with Crippen molar-refractivity contribution in [2.75, 3.05) is 66.1 Å². The Bertz CT molecular complexity index is 737. The zero-order valence-corrected chi connectivity index (χ0v) is 18.5. The Hall–Kier alpha value is -2.29. The van der Waals surface area contributed by atoms with Gasteiger partial charge in [0.05, 0.1) is 52.9 Å². The molecule has 2 N–H and O–H groups in total. The van der Waals surface area contributed by atoms with Crippen molar-refractivity contribution in [3.05, 3.63) is 65.2 Å². The third kappa shape index (κ3) is 11.9. The van der Waals surface area contributed by atoms with E-state index >= 15 is 0 Å². The molecule has 0 bridgehead atoms. The average Bonchev–Trinajstić information content (AvgIpc) is 2.84. The van der Waals surface area contributed by atoms with Crippen LogP contribution in [0.25, 0.3) is 12.2 Å². The fourth-order valence-corrected chi connectivity index (χ4v) is 2.67. The number of benzene rings is 2. The van der Waals surface area contributed by atoms with Crippen LogP contribution in [0.1, 0.15) is 16.7 Å². The number of halogens is 1. The summed E-state index contributed by atoms with van der Waals surface area (Å²) in [6, 6.07) is 16.1. The predicted octanol–water partition coefficient (Wildman–Crippen LogP) is 3.73. The largest absolute Gasteiger partial charge is 0.491 e. The lowest BCUT2D eigenvalue weighted by molar-refractivity contribution is -0.00557. The fourth-order valence-electron chi connectivity index (χ4n) is 2.67. The number of rotatable bonds is 18. The minimum atomic E-state index is -0.468. The van der Waals surface area contributed by atoms with Crippen molar-refractivity contribution in [2.24, 2.45) is 5.73 Å². The van der Waals surface area contributed by atoms with Crippen molar-refractivity contribution in [2.45, 2.75) is 6.54 Å². The van der Waals surface area contributed by atoms with Gasteiger partial charge in [0, 0.05) is 6.54 Å². The highest BCUT2D eigenvalue weighted by Crippen LogP contribution is 2.15. The Morgan fingerprint density at radius 3 is 1.50 bits per heavy atom. The van der Waals surface area contributed by atoms with Crippen LogP contribution in [0.5, 0.6) is 5.75 Å². The highest BCUT2D eigenvalue weighted by molar-refractivity contribution is 5.69. The minimum Gasteiger partial charge on any atom is -0.491 e. The summed E-state index contributed by atoms with van der Waals surface area (Å²) in [6.07, 6.45) is 4.14. The molecule has 0 spiro atoms. The zero-order chi connectivity index (χ0) is 22.7. The molecule has 0 saturated heterocycles. The quantitative estimate of drug-likeness (QED) is 0.277. The molecular formula is C25H34FNO5. The van der Waals surface area contributed by atoms with Crippen molar-refractivity contribution in [1.82, 2.24) is 0 Å². The predicted molar refractivity (Wildman–Crippen MR) is 124 cm³/mol. The number of nitrogens with two attached hydrogens (primary N) is 1. The molecule has 2 rings (SSSR count). The van der Waals surface area contributed by atoms with Gasteiger partial charge in [-0.2, -0.15) is 0 Å². The van der Waals surface area contributed by atoms with E-state index in [0.717, 1.165) is 22.4 Å². The van der Waals surface area contributed by atoms with E-state index in [4.69, 9.17) is 29.4 Å². The van der Waals surface area contributed by atoms with Gasteiger partial charge < -0.3 is 29.4 Å². The number of ether oxygens (including phenoxy) is 5. The minimum absolute atomic E-state index is 0.120. The Morgan fingerprint density at radius 1 is 0.594 bits per heavy atom. The van der Waals surface area contributed by atoms with Crippen LogP contribution in [0.2, 0.25) is 0 Å². The van der Waals surface area contributed by atoms with Gasteiger partial charge in [-0.3, -0.25) is 0 Å². The molecule has 0 saturated carbocycles. The van der Waals surface area contributed by atoms with Crippen molar-refractivity contribution in [1.29, 1.82) is 0 Å². The Labute approximate surface area is 190 Å². The van der Waals surface area contributed by atoms with Gasteiger partial charge in [0.1, 0.15) is 19.0 Å². The molecule has 2 aromatic carbocycles. The summed E-state index contributed by atoms with van der Waals surface area (Å²) in [5, 5.41) is 0. The topological polar surface area (TPSA) is 72.2 Å². The summed E-state index contributed by atoms with van der Waals surface area (Å²) in [6.45, 7) is 3.98. The molecule has 0 amide bonds. The molecule has 0 radical (unpaired) electrons. The second-order valence-electron chi connectivity index (χ2n) is 6.84. The van der Waals surface area contributed by atoms with Gasteiger partial charge in [-0.05, 0) is 28.8 Å². The third-order valence-electron chi connectivity index (χ3n) is 4.40. The van der Waals surface area contributed by atoms with Gasteiger partial charge in [0.25, 0.3) is 0 Å². The van der Waals surface area contributed by atoms with Crippen molar-refractivity contribution >= 4 is 12.2 Å². The molecule has 0 fully saturated rings. The first-order chi connectivity index (χ1) is 15.8. The van der Waals surface area contributed by atoms with E-state index < -0.39 is 6.67 Å². The molecule has 0 aromatic heterocycles. The SMILES string of the molecule is NCc1ccc(/C=C/c2ccc(OCCOCCOCCOCCOCCF)cc2)cc1. The van der Waals surface area contributed by atoms with Crippen molar-refractivity contribution in [3.63, 3.8) is 0 Å². The number of alkyl halides is 1. The van der Waals surface area contributed by atoms with Gasteiger partial charge in [0.15, 0.2) is 0 Å². The summed E-state index contributed by atoms with van der Waals surface area (Å²) in [5.41, 5.74) is 8.98. The van der Waals surface area contributed by atoms with Crippen LogP contribution in [0.3, 0.4) is 0 Å². The third-order valence-corrected chi connectivity index (χ3v) is 4.40. The van der Waals surface area contributed by atoms with Crippen LogP contribution in [-0.2, 0) is 25.5 Å². The molecule has 0 heterocycles. The lowest BCUT2D eigenvalue weighted by Crippen LogP contribution is -2.14. The fraction of sp³-hybridized carbons (Fsp3) is 0.440. The lowest BCUT2D eigenvalue weighted by atomic mass is 10.1. The van der Waals surface area contributed by atoms with Crippen molar-refractivity contribution < 1.29 is 28.1 Å². The average molecular weight is 448 g/mol. The summed E-state index contributed by atoms with van der Waals surface area (Å²) < 4.78 is 38.6. The number of hydrogen-bond donors (Lipinski definition) is 1. The molecule has 0 atom stereocenters. The second-order valence-corrected chi connectivity index (χ2v) is 6.84. The van der Waals surface area contributed by atoms with E-state index in [9.17, 15) is 4.39 Å². The van der Waals surface area contributed by atoms with E-state index in [0.29, 0.717) is 59.4 Å².